The molecule has 2 heterocycles. The van der Waals surface area contributed by atoms with Gasteiger partial charge in [0.1, 0.15) is 5.82 Å². The van der Waals surface area contributed by atoms with Gasteiger partial charge in [-0.3, -0.25) is 9.47 Å². The van der Waals surface area contributed by atoms with E-state index in [0.29, 0.717) is 11.3 Å². The summed E-state index contributed by atoms with van der Waals surface area (Å²) in [6.45, 7) is 3.00. The minimum atomic E-state index is -0.208. The van der Waals surface area contributed by atoms with E-state index in [4.69, 9.17) is 0 Å². The van der Waals surface area contributed by atoms with E-state index in [2.05, 4.69) is 47.7 Å². The minimum absolute atomic E-state index is 0.208. The van der Waals surface area contributed by atoms with Crippen LogP contribution in [-0.4, -0.2) is 32.8 Å². The molecule has 0 bridgehead atoms. The highest BCUT2D eigenvalue weighted by Crippen LogP contribution is 2.28. The van der Waals surface area contributed by atoms with Crippen LogP contribution in [0.1, 0.15) is 24.2 Å². The lowest BCUT2D eigenvalue weighted by Gasteiger charge is -2.16. The SMILES string of the molecule is Fc1cc(Br)ccc1CSc1nnc(CN2CCCC2)n1-c1ccccc1. The average Bonchev–Trinajstić information content (AvgIpc) is 3.32. The van der Waals surface area contributed by atoms with Gasteiger partial charge in [-0.1, -0.05) is 52.0 Å². The normalized spacial score (nSPS) is 14.7. The number of thioether (sulfide) groups is 1. The van der Waals surface area contributed by atoms with Crippen molar-refractivity contribution in [3.63, 3.8) is 0 Å². The molecule has 0 unspecified atom stereocenters. The first kappa shape index (κ1) is 18.7. The average molecular weight is 447 g/mol. The summed E-state index contributed by atoms with van der Waals surface area (Å²) in [6.07, 6.45) is 2.48. The first-order valence-corrected chi connectivity index (χ1v) is 10.8. The Morgan fingerprint density at radius 2 is 1.81 bits per heavy atom. The molecule has 0 amide bonds. The molecular formula is C20H20BrFN4S. The maximum atomic E-state index is 14.2. The summed E-state index contributed by atoms with van der Waals surface area (Å²) in [5, 5.41) is 9.66. The van der Waals surface area contributed by atoms with Crippen molar-refractivity contribution < 1.29 is 4.39 Å². The largest absolute Gasteiger partial charge is 0.296 e. The Kier molecular flexibility index (Phi) is 5.90. The van der Waals surface area contributed by atoms with Gasteiger partial charge < -0.3 is 0 Å². The summed E-state index contributed by atoms with van der Waals surface area (Å²) in [6, 6.07) is 15.3. The molecular weight excluding hydrogens is 427 g/mol. The Morgan fingerprint density at radius 3 is 2.56 bits per heavy atom. The van der Waals surface area contributed by atoms with Gasteiger partial charge in [0.05, 0.1) is 6.54 Å². The van der Waals surface area contributed by atoms with Crippen LogP contribution in [0.25, 0.3) is 5.69 Å². The molecule has 1 saturated heterocycles. The molecule has 0 N–H and O–H groups in total. The number of halogens is 2. The lowest BCUT2D eigenvalue weighted by atomic mass is 10.2. The second-order valence-corrected chi connectivity index (χ2v) is 8.44. The van der Waals surface area contributed by atoms with Crippen LogP contribution in [0.3, 0.4) is 0 Å². The van der Waals surface area contributed by atoms with Crippen LogP contribution in [-0.2, 0) is 12.3 Å². The highest BCUT2D eigenvalue weighted by atomic mass is 79.9. The van der Waals surface area contributed by atoms with Crippen molar-refractivity contribution in [3.05, 3.63) is 70.2 Å². The van der Waals surface area contributed by atoms with Gasteiger partial charge in [0.2, 0.25) is 0 Å². The minimum Gasteiger partial charge on any atom is -0.296 e. The van der Waals surface area contributed by atoms with Crippen molar-refractivity contribution in [3.8, 4) is 5.69 Å². The molecule has 4 nitrogen and oxygen atoms in total. The Morgan fingerprint density at radius 1 is 1.04 bits per heavy atom. The summed E-state index contributed by atoms with van der Waals surface area (Å²) in [5.74, 6) is 1.23. The molecule has 1 fully saturated rings. The molecule has 27 heavy (non-hydrogen) atoms. The summed E-state index contributed by atoms with van der Waals surface area (Å²) >= 11 is 4.81. The highest BCUT2D eigenvalue weighted by Gasteiger charge is 2.19. The van der Waals surface area contributed by atoms with Crippen molar-refractivity contribution in [2.75, 3.05) is 13.1 Å². The maximum absolute atomic E-state index is 14.2. The molecule has 4 rings (SSSR count). The van der Waals surface area contributed by atoms with Crippen LogP contribution in [0.15, 0.2) is 58.2 Å². The van der Waals surface area contributed by atoms with Gasteiger partial charge in [-0.25, -0.2) is 4.39 Å². The Hall–Kier alpha value is -1.70. The van der Waals surface area contributed by atoms with Crippen molar-refractivity contribution in [1.82, 2.24) is 19.7 Å². The Labute approximate surface area is 170 Å². The summed E-state index contributed by atoms with van der Waals surface area (Å²) in [5.41, 5.74) is 1.70. The lowest BCUT2D eigenvalue weighted by molar-refractivity contribution is 0.319. The number of rotatable bonds is 6. The van der Waals surface area contributed by atoms with E-state index in [-0.39, 0.29) is 5.82 Å². The quantitative estimate of drug-likeness (QED) is 0.495. The van der Waals surface area contributed by atoms with E-state index < -0.39 is 0 Å². The van der Waals surface area contributed by atoms with Gasteiger partial charge in [-0.15, -0.1) is 10.2 Å². The predicted octanol–water partition coefficient (Wildman–Crippen LogP) is 5.06. The first-order chi connectivity index (χ1) is 13.2. The van der Waals surface area contributed by atoms with Crippen molar-refractivity contribution in [2.24, 2.45) is 0 Å². The molecule has 2 aromatic carbocycles. The maximum Gasteiger partial charge on any atom is 0.196 e. The van der Waals surface area contributed by atoms with E-state index in [9.17, 15) is 4.39 Å². The number of likely N-dealkylation sites (tertiary alicyclic amines) is 1. The van der Waals surface area contributed by atoms with Gasteiger partial charge in [0.25, 0.3) is 0 Å². The van der Waals surface area contributed by atoms with Gasteiger partial charge in [-0.2, -0.15) is 0 Å². The summed E-state index contributed by atoms with van der Waals surface area (Å²) in [4.78, 5) is 2.41. The molecule has 140 valence electrons. The Balaban J connectivity index is 1.60. The smallest absolute Gasteiger partial charge is 0.196 e. The third kappa shape index (κ3) is 4.42. The lowest BCUT2D eigenvalue weighted by Crippen LogP contribution is -2.21. The Bertz CT molecular complexity index is 910. The fourth-order valence-corrected chi connectivity index (χ4v) is 4.54. The number of nitrogens with zero attached hydrogens (tertiary/aromatic N) is 4. The van der Waals surface area contributed by atoms with Crippen LogP contribution in [0.4, 0.5) is 4.39 Å². The van der Waals surface area contributed by atoms with Crippen LogP contribution in [0.5, 0.6) is 0 Å². The van der Waals surface area contributed by atoms with E-state index in [0.717, 1.165) is 40.8 Å². The molecule has 0 spiro atoms. The molecule has 7 heteroatoms. The van der Waals surface area contributed by atoms with Crippen molar-refractivity contribution in [2.45, 2.75) is 30.3 Å². The molecule has 0 aliphatic carbocycles. The van der Waals surface area contributed by atoms with Gasteiger partial charge in [-0.05, 0) is 55.8 Å². The zero-order valence-corrected chi connectivity index (χ0v) is 17.2. The molecule has 0 saturated carbocycles. The number of hydrogen-bond acceptors (Lipinski definition) is 4. The number of benzene rings is 2. The van der Waals surface area contributed by atoms with Gasteiger partial charge in [0.15, 0.2) is 11.0 Å². The zero-order valence-electron chi connectivity index (χ0n) is 14.8. The standard InChI is InChI=1S/C20H20BrFN4S/c21-16-9-8-15(18(22)12-16)14-27-20-24-23-19(13-25-10-4-5-11-25)26(20)17-6-2-1-3-7-17/h1-3,6-9,12H,4-5,10-11,13-14H2. The predicted molar refractivity (Wildman–Crippen MR) is 110 cm³/mol. The third-order valence-corrected chi connectivity index (χ3v) is 6.12. The van der Waals surface area contributed by atoms with Crippen LogP contribution in [0.2, 0.25) is 0 Å². The van der Waals surface area contributed by atoms with E-state index in [1.807, 2.05) is 24.3 Å². The number of para-hydroxylation sites is 1. The van der Waals surface area contributed by atoms with Crippen LogP contribution in [0, 0.1) is 5.82 Å². The number of aromatic nitrogens is 3. The summed E-state index contributed by atoms with van der Waals surface area (Å²) < 4.78 is 17.0. The topological polar surface area (TPSA) is 34.0 Å². The van der Waals surface area contributed by atoms with Gasteiger partial charge in [0, 0.05) is 15.9 Å². The monoisotopic (exact) mass is 446 g/mol. The van der Waals surface area contributed by atoms with E-state index in [1.165, 1.54) is 30.7 Å². The molecule has 1 aromatic heterocycles. The molecule has 3 aromatic rings. The third-order valence-electron chi connectivity index (χ3n) is 4.65. The number of hydrogen-bond donors (Lipinski definition) is 0. The van der Waals surface area contributed by atoms with E-state index >= 15 is 0 Å². The molecule has 1 aliphatic heterocycles. The van der Waals surface area contributed by atoms with Crippen molar-refractivity contribution >= 4 is 27.7 Å². The second kappa shape index (κ2) is 8.54. The zero-order chi connectivity index (χ0) is 18.6. The molecule has 0 atom stereocenters. The van der Waals surface area contributed by atoms with Gasteiger partial charge >= 0.3 is 0 Å². The molecule has 1 aliphatic rings. The fourth-order valence-electron chi connectivity index (χ4n) is 3.25. The van der Waals surface area contributed by atoms with Crippen LogP contribution >= 0.6 is 27.7 Å². The highest BCUT2D eigenvalue weighted by molar-refractivity contribution is 9.10. The van der Waals surface area contributed by atoms with Crippen molar-refractivity contribution in [1.29, 1.82) is 0 Å². The summed E-state index contributed by atoms with van der Waals surface area (Å²) in [7, 11) is 0. The fraction of sp³-hybridized carbons (Fsp3) is 0.300. The second-order valence-electron chi connectivity index (χ2n) is 6.58. The molecule has 0 radical (unpaired) electrons. The van der Waals surface area contributed by atoms with E-state index in [1.54, 1.807) is 6.07 Å². The van der Waals surface area contributed by atoms with Crippen LogP contribution < -0.4 is 0 Å². The first-order valence-electron chi connectivity index (χ1n) is 8.99.